The highest BCUT2D eigenvalue weighted by Gasteiger charge is 2.40. The summed E-state index contributed by atoms with van der Waals surface area (Å²) < 4.78 is 53.8. The molecule has 166 valence electrons. The first-order chi connectivity index (χ1) is 14.9. The van der Waals surface area contributed by atoms with Gasteiger partial charge in [0.25, 0.3) is 5.91 Å². The topological polar surface area (TPSA) is 47.6 Å². The molecule has 0 unspecified atom stereocenters. The second-order valence-corrected chi connectivity index (χ2v) is 8.66. The summed E-state index contributed by atoms with van der Waals surface area (Å²) in [6, 6.07) is 7.40. The maximum atomic E-state index is 14.6. The average Bonchev–Trinajstić information content (AvgIpc) is 2.81. The Labute approximate surface area is 179 Å². The monoisotopic (exact) mass is 433 g/mol. The number of halogens is 3. The molecule has 0 heterocycles. The molecular weight excluding hydrogens is 407 g/mol. The van der Waals surface area contributed by atoms with Gasteiger partial charge in [-0.05, 0) is 73.6 Å². The molecule has 5 rings (SSSR count). The van der Waals surface area contributed by atoms with Gasteiger partial charge in [0.1, 0.15) is 12.4 Å². The molecule has 3 saturated carbocycles. The summed E-state index contributed by atoms with van der Waals surface area (Å²) in [6.07, 6.45) is 6.53. The summed E-state index contributed by atoms with van der Waals surface area (Å²) in [5.41, 5.74) is 0.00956. The van der Waals surface area contributed by atoms with Gasteiger partial charge >= 0.3 is 0 Å². The molecule has 0 spiro atoms. The van der Waals surface area contributed by atoms with E-state index in [9.17, 15) is 18.0 Å². The lowest BCUT2D eigenvalue weighted by atomic mass is 9.61. The summed E-state index contributed by atoms with van der Waals surface area (Å²) in [5.74, 6) is -4.27. The number of hydrogen-bond donors (Lipinski definition) is 1. The van der Waals surface area contributed by atoms with Crippen LogP contribution < -0.4 is 14.8 Å². The largest absolute Gasteiger partial charge is 0.497 e. The number of hydrogen-bond acceptors (Lipinski definition) is 3. The van der Waals surface area contributed by atoms with Gasteiger partial charge in [-0.2, -0.15) is 4.39 Å². The van der Waals surface area contributed by atoms with Gasteiger partial charge in [-0.25, -0.2) is 8.78 Å². The number of rotatable bonds is 7. The molecule has 4 nitrogen and oxygen atoms in total. The summed E-state index contributed by atoms with van der Waals surface area (Å²) in [4.78, 5) is 12.5. The molecule has 31 heavy (non-hydrogen) atoms. The van der Waals surface area contributed by atoms with Crippen LogP contribution in [0.5, 0.6) is 11.5 Å². The number of methoxy groups -OCH3 is 1. The zero-order valence-corrected chi connectivity index (χ0v) is 17.5. The van der Waals surface area contributed by atoms with Crippen molar-refractivity contribution >= 4 is 5.91 Å². The minimum atomic E-state index is -1.50. The predicted molar refractivity (Wildman–Crippen MR) is 110 cm³/mol. The van der Waals surface area contributed by atoms with Crippen molar-refractivity contribution in [1.82, 2.24) is 5.32 Å². The minimum absolute atomic E-state index is 0.0272. The van der Waals surface area contributed by atoms with Crippen molar-refractivity contribution < 1.29 is 27.4 Å². The van der Waals surface area contributed by atoms with E-state index in [1.165, 1.54) is 7.11 Å². The van der Waals surface area contributed by atoms with Gasteiger partial charge in [0.05, 0.1) is 12.7 Å². The van der Waals surface area contributed by atoms with Crippen molar-refractivity contribution in [2.45, 2.75) is 45.1 Å². The minimum Gasteiger partial charge on any atom is -0.497 e. The van der Waals surface area contributed by atoms with E-state index in [2.05, 4.69) is 5.32 Å². The normalized spacial score (nSPS) is 22.3. The van der Waals surface area contributed by atoms with Crippen LogP contribution in [-0.4, -0.2) is 19.6 Å². The van der Waals surface area contributed by atoms with Crippen LogP contribution in [-0.2, 0) is 6.61 Å². The number of amides is 1. The van der Waals surface area contributed by atoms with E-state index >= 15 is 0 Å². The lowest BCUT2D eigenvalue weighted by Crippen LogP contribution is -2.43. The summed E-state index contributed by atoms with van der Waals surface area (Å²) in [5, 5.41) is 2.70. The zero-order valence-electron chi connectivity index (χ0n) is 17.5. The van der Waals surface area contributed by atoms with Crippen LogP contribution in [0.1, 0.15) is 54.4 Å². The molecule has 0 saturated heterocycles. The Morgan fingerprint density at radius 1 is 1.06 bits per heavy atom. The Balaban J connectivity index is 1.43. The van der Waals surface area contributed by atoms with Gasteiger partial charge in [0.2, 0.25) is 5.82 Å². The number of carbonyl (C=O) groups is 1. The zero-order chi connectivity index (χ0) is 22.0. The van der Waals surface area contributed by atoms with E-state index in [4.69, 9.17) is 9.47 Å². The predicted octanol–water partition coefficient (Wildman–Crippen LogP) is 5.39. The molecule has 0 atom stereocenters. The van der Waals surface area contributed by atoms with Crippen molar-refractivity contribution in [2.75, 3.05) is 13.7 Å². The third kappa shape index (κ3) is 4.50. The molecule has 0 radical (unpaired) electrons. The molecule has 7 heteroatoms. The number of benzene rings is 2. The van der Waals surface area contributed by atoms with Gasteiger partial charge in [0.15, 0.2) is 17.4 Å². The summed E-state index contributed by atoms with van der Waals surface area (Å²) in [7, 11) is 1.52. The molecule has 3 aliphatic rings. The van der Waals surface area contributed by atoms with E-state index < -0.39 is 34.7 Å². The van der Waals surface area contributed by atoms with Crippen molar-refractivity contribution in [3.05, 3.63) is 58.9 Å². The highest BCUT2D eigenvalue weighted by molar-refractivity contribution is 5.94. The maximum Gasteiger partial charge on any atom is 0.254 e. The van der Waals surface area contributed by atoms with Crippen LogP contribution >= 0.6 is 0 Å². The van der Waals surface area contributed by atoms with E-state index in [-0.39, 0.29) is 12.0 Å². The van der Waals surface area contributed by atoms with Crippen LogP contribution in [0, 0.1) is 28.8 Å². The molecule has 1 N–H and O–H groups in total. The van der Waals surface area contributed by atoms with Gasteiger partial charge in [-0.15, -0.1) is 0 Å². The maximum absolute atomic E-state index is 14.6. The van der Waals surface area contributed by atoms with Crippen LogP contribution in [0.25, 0.3) is 0 Å². The van der Waals surface area contributed by atoms with Crippen molar-refractivity contribution in [3.8, 4) is 11.5 Å². The van der Waals surface area contributed by atoms with Gasteiger partial charge in [-0.3, -0.25) is 4.79 Å². The van der Waals surface area contributed by atoms with Crippen LogP contribution in [0.3, 0.4) is 0 Å². The van der Waals surface area contributed by atoms with Crippen LogP contribution in [0.4, 0.5) is 13.2 Å². The smallest absolute Gasteiger partial charge is 0.254 e. The Morgan fingerprint density at radius 3 is 2.32 bits per heavy atom. The third-order valence-corrected chi connectivity index (χ3v) is 6.78. The first-order valence-corrected chi connectivity index (χ1v) is 10.6. The highest BCUT2D eigenvalue weighted by atomic mass is 19.2. The van der Waals surface area contributed by atoms with Gasteiger partial charge in [0, 0.05) is 6.54 Å². The summed E-state index contributed by atoms with van der Waals surface area (Å²) >= 11 is 0. The van der Waals surface area contributed by atoms with E-state index in [0.717, 1.165) is 44.4 Å². The SMILES string of the molecule is COc1ccc(COc2c(F)cc(C(=O)NCC34CCC(CC3)CC4)c(F)c2F)cc1. The number of nitrogens with one attached hydrogen (secondary N) is 1. The molecule has 3 aliphatic carbocycles. The number of fused-ring (bicyclic) bond motifs is 3. The lowest BCUT2D eigenvalue weighted by molar-refractivity contribution is 0.0595. The third-order valence-electron chi connectivity index (χ3n) is 6.78. The standard InChI is InChI=1S/C24H26F3NO3/c1-30-17-4-2-16(3-5-17)13-31-22-19(25)12-18(20(26)21(22)27)23(29)28-14-24-9-6-15(7-10-24)8-11-24/h2-5,12,15H,6-11,13-14H2,1H3,(H,28,29). The molecular formula is C24H26F3NO3. The molecule has 0 aromatic heterocycles. The first-order valence-electron chi connectivity index (χ1n) is 10.6. The molecule has 1 amide bonds. The molecule has 2 aromatic rings. The van der Waals surface area contributed by atoms with Crippen molar-refractivity contribution in [3.63, 3.8) is 0 Å². The number of carbonyl (C=O) groups excluding carboxylic acids is 1. The fourth-order valence-corrected chi connectivity index (χ4v) is 4.72. The van der Waals surface area contributed by atoms with Crippen molar-refractivity contribution in [2.24, 2.45) is 11.3 Å². The number of ether oxygens (including phenoxy) is 2. The Morgan fingerprint density at radius 2 is 1.71 bits per heavy atom. The Bertz CT molecular complexity index is 940. The molecule has 2 aromatic carbocycles. The molecule has 0 aliphatic heterocycles. The average molecular weight is 433 g/mol. The van der Waals surface area contributed by atoms with E-state index in [1.807, 2.05) is 0 Å². The quantitative estimate of drug-likeness (QED) is 0.596. The molecule has 2 bridgehead atoms. The second-order valence-electron chi connectivity index (χ2n) is 8.66. The fraction of sp³-hybridized carbons (Fsp3) is 0.458. The fourth-order valence-electron chi connectivity index (χ4n) is 4.72. The van der Waals surface area contributed by atoms with Crippen LogP contribution in [0.15, 0.2) is 30.3 Å². The lowest BCUT2D eigenvalue weighted by Gasteiger charge is -2.46. The van der Waals surface area contributed by atoms with Gasteiger partial charge < -0.3 is 14.8 Å². The summed E-state index contributed by atoms with van der Waals surface area (Å²) in [6.45, 7) is 0.239. The van der Waals surface area contributed by atoms with Crippen LogP contribution in [0.2, 0.25) is 0 Å². The van der Waals surface area contributed by atoms with E-state index in [0.29, 0.717) is 23.9 Å². The Hall–Kier alpha value is -2.70. The Kier molecular flexibility index (Phi) is 6.12. The second kappa shape index (κ2) is 8.81. The molecule has 3 fully saturated rings. The van der Waals surface area contributed by atoms with E-state index in [1.54, 1.807) is 24.3 Å². The first kappa shape index (κ1) is 21.5. The van der Waals surface area contributed by atoms with Crippen molar-refractivity contribution in [1.29, 1.82) is 0 Å². The highest BCUT2D eigenvalue weighted by Crippen LogP contribution is 2.49. The van der Waals surface area contributed by atoms with Gasteiger partial charge in [-0.1, -0.05) is 12.1 Å².